The van der Waals surface area contributed by atoms with Gasteiger partial charge in [-0.2, -0.15) is 0 Å². The highest BCUT2D eigenvalue weighted by Crippen LogP contribution is 2.21. The second kappa shape index (κ2) is 13.6. The van der Waals surface area contributed by atoms with Crippen molar-refractivity contribution in [2.45, 2.75) is 44.7 Å². The summed E-state index contributed by atoms with van der Waals surface area (Å²) in [5.41, 5.74) is 0. The predicted molar refractivity (Wildman–Crippen MR) is 111 cm³/mol. The first-order chi connectivity index (χ1) is 14.7. The van der Waals surface area contributed by atoms with Crippen LogP contribution in [0.1, 0.15) is 32.6 Å². The molecule has 176 valence electrons. The summed E-state index contributed by atoms with van der Waals surface area (Å²) in [6, 6.07) is -1.52. The standard InChI is InChI=1S/C20H34N4O7/c1-5-21-19(28)15(8-12-31-18(27)13-22(2)3)23(4)20(29)16-7-6-10-24(16)17(26)9-11-30-14-25/h14-16H,5-13H2,1-4H3,(H,21,28). The van der Waals surface area contributed by atoms with Crippen molar-refractivity contribution in [2.75, 3.05) is 54.0 Å². The van der Waals surface area contributed by atoms with E-state index < -0.39 is 18.1 Å². The molecule has 1 fully saturated rings. The average Bonchev–Trinajstić information content (AvgIpc) is 3.19. The van der Waals surface area contributed by atoms with Crippen LogP contribution < -0.4 is 5.32 Å². The van der Waals surface area contributed by atoms with Gasteiger partial charge in [0.05, 0.1) is 26.2 Å². The Morgan fingerprint density at radius 2 is 1.90 bits per heavy atom. The number of carbonyl (C=O) groups is 5. The number of likely N-dealkylation sites (tertiary alicyclic amines) is 1. The van der Waals surface area contributed by atoms with E-state index in [2.05, 4.69) is 10.1 Å². The first-order valence-corrected chi connectivity index (χ1v) is 10.4. The van der Waals surface area contributed by atoms with E-state index >= 15 is 0 Å². The molecule has 0 aromatic rings. The second-order valence-electron chi connectivity index (χ2n) is 7.57. The summed E-state index contributed by atoms with van der Waals surface area (Å²) >= 11 is 0. The Balaban J connectivity index is 2.79. The zero-order valence-corrected chi connectivity index (χ0v) is 18.8. The van der Waals surface area contributed by atoms with Crippen molar-refractivity contribution < 1.29 is 33.4 Å². The van der Waals surface area contributed by atoms with Crippen LogP contribution in [-0.2, 0) is 33.4 Å². The van der Waals surface area contributed by atoms with Gasteiger partial charge in [0.1, 0.15) is 12.1 Å². The fraction of sp³-hybridized carbons (Fsp3) is 0.750. The maximum absolute atomic E-state index is 13.1. The topological polar surface area (TPSA) is 126 Å². The van der Waals surface area contributed by atoms with Gasteiger partial charge < -0.3 is 24.6 Å². The molecule has 1 N–H and O–H groups in total. The van der Waals surface area contributed by atoms with E-state index in [0.717, 1.165) is 0 Å². The van der Waals surface area contributed by atoms with Crippen molar-refractivity contribution in [1.29, 1.82) is 0 Å². The van der Waals surface area contributed by atoms with Gasteiger partial charge in [-0.1, -0.05) is 0 Å². The number of hydrogen-bond donors (Lipinski definition) is 1. The Morgan fingerprint density at radius 1 is 1.19 bits per heavy atom. The normalized spacial score (nSPS) is 16.5. The molecule has 1 rings (SSSR count). The van der Waals surface area contributed by atoms with E-state index in [4.69, 9.17) is 4.74 Å². The average molecular weight is 443 g/mol. The van der Waals surface area contributed by atoms with Crippen LogP contribution in [0.3, 0.4) is 0 Å². The lowest BCUT2D eigenvalue weighted by Crippen LogP contribution is -2.54. The Kier molecular flexibility index (Phi) is 11.5. The van der Waals surface area contributed by atoms with E-state index in [0.29, 0.717) is 25.9 Å². The van der Waals surface area contributed by atoms with E-state index in [1.807, 2.05) is 0 Å². The van der Waals surface area contributed by atoms with Crippen LogP contribution in [0.2, 0.25) is 0 Å². The molecule has 0 saturated carbocycles. The predicted octanol–water partition coefficient (Wildman–Crippen LogP) is -1.00. The first kappa shape index (κ1) is 26.3. The minimum absolute atomic E-state index is 0.00614. The zero-order chi connectivity index (χ0) is 23.4. The highest BCUT2D eigenvalue weighted by atomic mass is 16.5. The summed E-state index contributed by atoms with van der Waals surface area (Å²) in [4.78, 5) is 64.6. The number of carbonyl (C=O) groups excluding carboxylic acids is 5. The van der Waals surface area contributed by atoms with Gasteiger partial charge in [0.25, 0.3) is 6.47 Å². The van der Waals surface area contributed by atoms with E-state index in [9.17, 15) is 24.0 Å². The molecule has 2 unspecified atom stereocenters. The van der Waals surface area contributed by atoms with Crippen LogP contribution in [-0.4, -0.2) is 111 Å². The Bertz CT molecular complexity index is 641. The van der Waals surface area contributed by atoms with Gasteiger partial charge in [-0.05, 0) is 33.9 Å². The monoisotopic (exact) mass is 442 g/mol. The molecule has 31 heavy (non-hydrogen) atoms. The number of likely N-dealkylation sites (N-methyl/N-ethyl adjacent to an activating group) is 3. The van der Waals surface area contributed by atoms with Gasteiger partial charge in [-0.15, -0.1) is 0 Å². The Labute approximate surface area is 183 Å². The molecule has 0 aromatic carbocycles. The summed E-state index contributed by atoms with van der Waals surface area (Å²) in [6.07, 6.45) is 1.29. The molecule has 1 aliphatic rings. The molecule has 0 radical (unpaired) electrons. The highest BCUT2D eigenvalue weighted by Gasteiger charge is 2.38. The number of hydrogen-bond acceptors (Lipinski definition) is 8. The van der Waals surface area contributed by atoms with Crippen LogP contribution in [0.5, 0.6) is 0 Å². The van der Waals surface area contributed by atoms with Crippen LogP contribution in [0.25, 0.3) is 0 Å². The molecule has 1 heterocycles. The lowest BCUT2D eigenvalue weighted by molar-refractivity contribution is -0.149. The van der Waals surface area contributed by atoms with Crippen molar-refractivity contribution in [3.63, 3.8) is 0 Å². The molecule has 0 aromatic heterocycles. The molecule has 1 aliphatic heterocycles. The SMILES string of the molecule is CCNC(=O)C(CCOC(=O)CN(C)C)N(C)C(=O)C1CCCN1C(=O)CCOC=O. The summed E-state index contributed by atoms with van der Waals surface area (Å²) in [5.74, 6) is -1.40. The summed E-state index contributed by atoms with van der Waals surface area (Å²) in [6.45, 7) is 2.93. The third-order valence-electron chi connectivity index (χ3n) is 4.93. The lowest BCUT2D eigenvalue weighted by Gasteiger charge is -2.32. The quantitative estimate of drug-likeness (QED) is 0.219. The van der Waals surface area contributed by atoms with Crippen LogP contribution in [0.4, 0.5) is 0 Å². The molecule has 3 amide bonds. The molecule has 1 saturated heterocycles. The van der Waals surface area contributed by atoms with Gasteiger partial charge >= 0.3 is 5.97 Å². The van der Waals surface area contributed by atoms with Gasteiger partial charge in [-0.25, -0.2) is 0 Å². The van der Waals surface area contributed by atoms with Gasteiger partial charge in [0.15, 0.2) is 0 Å². The highest BCUT2D eigenvalue weighted by molar-refractivity contribution is 5.92. The lowest BCUT2D eigenvalue weighted by atomic mass is 10.1. The molecule has 11 heteroatoms. The number of amides is 3. The fourth-order valence-electron chi connectivity index (χ4n) is 3.43. The summed E-state index contributed by atoms with van der Waals surface area (Å²) in [5, 5.41) is 2.70. The molecule has 11 nitrogen and oxygen atoms in total. The molecule has 2 atom stereocenters. The van der Waals surface area contributed by atoms with Crippen LogP contribution in [0.15, 0.2) is 0 Å². The van der Waals surface area contributed by atoms with Crippen molar-refractivity contribution in [2.24, 2.45) is 0 Å². The molecule has 0 bridgehead atoms. The molecule has 0 spiro atoms. The molecular formula is C20H34N4O7. The van der Waals surface area contributed by atoms with Gasteiger partial charge in [0, 0.05) is 26.6 Å². The Morgan fingerprint density at radius 3 is 2.52 bits per heavy atom. The van der Waals surface area contributed by atoms with Crippen molar-refractivity contribution in [3.8, 4) is 0 Å². The van der Waals surface area contributed by atoms with Gasteiger partial charge in [-0.3, -0.25) is 28.9 Å². The fourth-order valence-corrected chi connectivity index (χ4v) is 3.43. The summed E-state index contributed by atoms with van der Waals surface area (Å²) < 4.78 is 9.75. The maximum Gasteiger partial charge on any atom is 0.320 e. The molecular weight excluding hydrogens is 408 g/mol. The van der Waals surface area contributed by atoms with Crippen molar-refractivity contribution >= 4 is 30.2 Å². The minimum atomic E-state index is -0.837. The number of ether oxygens (including phenoxy) is 2. The largest absolute Gasteiger partial charge is 0.467 e. The first-order valence-electron chi connectivity index (χ1n) is 10.4. The Hall–Kier alpha value is -2.69. The van der Waals surface area contributed by atoms with Crippen LogP contribution >= 0.6 is 0 Å². The van der Waals surface area contributed by atoms with E-state index in [1.54, 1.807) is 25.9 Å². The third kappa shape index (κ3) is 8.52. The van der Waals surface area contributed by atoms with Crippen molar-refractivity contribution in [1.82, 2.24) is 20.0 Å². The second-order valence-corrected chi connectivity index (χ2v) is 7.57. The van der Waals surface area contributed by atoms with Crippen LogP contribution in [0, 0.1) is 0 Å². The van der Waals surface area contributed by atoms with Gasteiger partial charge in [0.2, 0.25) is 17.7 Å². The third-order valence-corrected chi connectivity index (χ3v) is 4.93. The minimum Gasteiger partial charge on any atom is -0.467 e. The number of nitrogens with one attached hydrogen (secondary N) is 1. The maximum atomic E-state index is 13.1. The number of rotatable bonds is 13. The molecule has 0 aliphatic carbocycles. The van der Waals surface area contributed by atoms with Crippen molar-refractivity contribution in [3.05, 3.63) is 0 Å². The summed E-state index contributed by atoms with van der Waals surface area (Å²) in [7, 11) is 5.00. The smallest absolute Gasteiger partial charge is 0.320 e. The zero-order valence-electron chi connectivity index (χ0n) is 18.8. The number of esters is 1. The van der Waals surface area contributed by atoms with E-state index in [-0.39, 0.29) is 56.8 Å². The van der Waals surface area contributed by atoms with E-state index in [1.165, 1.54) is 16.8 Å². The number of nitrogens with zero attached hydrogens (tertiary/aromatic N) is 3.